The molecule has 0 saturated heterocycles. The number of nitrogens with zero attached hydrogens (tertiary/aromatic N) is 1. The van der Waals surface area contributed by atoms with Crippen molar-refractivity contribution in [2.24, 2.45) is 0 Å². The molecule has 0 bridgehead atoms. The van der Waals surface area contributed by atoms with Crippen LogP contribution in [0.15, 0.2) is 11.4 Å². The largest absolute Gasteiger partial charge is 0.384 e. The van der Waals surface area contributed by atoms with Gasteiger partial charge in [0.2, 0.25) is 0 Å². The molecule has 1 N–H and O–H groups in total. The maximum atomic E-state index is 3.48. The van der Waals surface area contributed by atoms with Gasteiger partial charge in [-0.3, -0.25) is 0 Å². The highest BCUT2D eigenvalue weighted by Crippen LogP contribution is 2.20. The van der Waals surface area contributed by atoms with Gasteiger partial charge in [0, 0.05) is 22.5 Å². The van der Waals surface area contributed by atoms with E-state index in [0.717, 1.165) is 13.1 Å². The average molecular weight is 240 g/mol. The number of hydrogen-bond acceptors (Lipinski definition) is 3. The van der Waals surface area contributed by atoms with Crippen LogP contribution in [0.5, 0.6) is 0 Å². The van der Waals surface area contributed by atoms with E-state index in [4.69, 9.17) is 0 Å². The zero-order valence-electron chi connectivity index (χ0n) is 10.8. The van der Waals surface area contributed by atoms with Crippen molar-refractivity contribution in [3.8, 4) is 0 Å². The minimum Gasteiger partial charge on any atom is -0.384 e. The van der Waals surface area contributed by atoms with E-state index in [9.17, 15) is 0 Å². The van der Waals surface area contributed by atoms with Crippen LogP contribution in [-0.4, -0.2) is 32.1 Å². The van der Waals surface area contributed by atoms with Crippen molar-refractivity contribution in [2.75, 3.05) is 32.5 Å². The lowest BCUT2D eigenvalue weighted by atomic mass is 10.2. The molecular formula is C13H24N2S. The van der Waals surface area contributed by atoms with Crippen LogP contribution in [0.25, 0.3) is 0 Å². The third-order valence-corrected chi connectivity index (χ3v) is 3.54. The minimum absolute atomic E-state index is 1.07. The molecule has 1 aromatic rings. The summed E-state index contributed by atoms with van der Waals surface area (Å²) >= 11 is 1.88. The first-order valence-corrected chi connectivity index (χ1v) is 7.06. The lowest BCUT2D eigenvalue weighted by Gasteiger charge is -2.09. The minimum atomic E-state index is 1.07. The summed E-state index contributed by atoms with van der Waals surface area (Å²) in [5.74, 6) is 0. The van der Waals surface area contributed by atoms with Gasteiger partial charge in [0.15, 0.2) is 0 Å². The number of rotatable bonds is 8. The number of aryl methyl sites for hydroxylation is 1. The van der Waals surface area contributed by atoms with E-state index in [1.165, 1.54) is 36.2 Å². The normalized spacial score (nSPS) is 11.0. The second kappa shape index (κ2) is 7.69. The summed E-state index contributed by atoms with van der Waals surface area (Å²) in [6, 6.07) is 2.30. The van der Waals surface area contributed by atoms with Crippen LogP contribution in [0.4, 0.5) is 5.69 Å². The van der Waals surface area contributed by atoms with Crippen molar-refractivity contribution in [1.29, 1.82) is 0 Å². The summed E-state index contributed by atoms with van der Waals surface area (Å²) in [5.41, 5.74) is 1.30. The molecule has 0 saturated carbocycles. The van der Waals surface area contributed by atoms with E-state index < -0.39 is 0 Å². The highest BCUT2D eigenvalue weighted by Gasteiger charge is 1.99. The molecule has 92 valence electrons. The Bertz CT molecular complexity index is 281. The molecule has 1 rings (SSSR count). The van der Waals surface area contributed by atoms with Gasteiger partial charge in [-0.25, -0.2) is 0 Å². The molecule has 1 heterocycles. The lowest BCUT2D eigenvalue weighted by molar-refractivity contribution is 0.405. The summed E-state index contributed by atoms with van der Waals surface area (Å²) in [6.07, 6.45) is 5.03. The van der Waals surface area contributed by atoms with E-state index in [1.54, 1.807) is 0 Å². The number of nitrogens with one attached hydrogen (secondary N) is 1. The summed E-state index contributed by atoms with van der Waals surface area (Å²) in [6.45, 7) is 4.47. The SMILES string of the molecule is CCCCc1cc(NCCCN(C)C)cs1. The van der Waals surface area contributed by atoms with E-state index in [1.807, 2.05) is 11.3 Å². The third-order valence-electron chi connectivity index (χ3n) is 2.54. The third kappa shape index (κ3) is 5.52. The smallest absolute Gasteiger partial charge is 0.0451 e. The highest BCUT2D eigenvalue weighted by atomic mass is 32.1. The van der Waals surface area contributed by atoms with E-state index >= 15 is 0 Å². The molecule has 16 heavy (non-hydrogen) atoms. The van der Waals surface area contributed by atoms with Crippen LogP contribution < -0.4 is 5.32 Å². The monoisotopic (exact) mass is 240 g/mol. The summed E-state index contributed by atoms with van der Waals surface area (Å²) in [7, 11) is 4.24. The number of unbranched alkanes of at least 4 members (excludes halogenated alkanes) is 1. The summed E-state index contributed by atoms with van der Waals surface area (Å²) < 4.78 is 0. The van der Waals surface area contributed by atoms with Gasteiger partial charge in [-0.2, -0.15) is 0 Å². The second-order valence-electron chi connectivity index (χ2n) is 4.49. The zero-order chi connectivity index (χ0) is 11.8. The first kappa shape index (κ1) is 13.5. The Kier molecular flexibility index (Phi) is 6.50. The van der Waals surface area contributed by atoms with E-state index in [-0.39, 0.29) is 0 Å². The Morgan fingerprint density at radius 1 is 1.31 bits per heavy atom. The molecule has 0 fully saturated rings. The summed E-state index contributed by atoms with van der Waals surface area (Å²) in [5, 5.41) is 5.72. The fraction of sp³-hybridized carbons (Fsp3) is 0.692. The first-order valence-electron chi connectivity index (χ1n) is 6.18. The van der Waals surface area contributed by atoms with Crippen molar-refractivity contribution < 1.29 is 0 Å². The molecule has 2 nitrogen and oxygen atoms in total. The Morgan fingerprint density at radius 2 is 2.12 bits per heavy atom. The fourth-order valence-corrected chi connectivity index (χ4v) is 2.47. The van der Waals surface area contributed by atoms with Crippen LogP contribution in [0.3, 0.4) is 0 Å². The molecule has 0 unspecified atom stereocenters. The van der Waals surface area contributed by atoms with Gasteiger partial charge < -0.3 is 10.2 Å². The Balaban J connectivity index is 2.19. The summed E-state index contributed by atoms with van der Waals surface area (Å²) in [4.78, 5) is 3.74. The predicted octanol–water partition coefficient (Wildman–Crippen LogP) is 3.45. The van der Waals surface area contributed by atoms with E-state index in [2.05, 4.69) is 42.7 Å². The predicted molar refractivity (Wildman–Crippen MR) is 74.6 cm³/mol. The van der Waals surface area contributed by atoms with Gasteiger partial charge in [-0.1, -0.05) is 13.3 Å². The molecule has 0 amide bonds. The Labute approximate surface area is 104 Å². The quantitative estimate of drug-likeness (QED) is 0.700. The number of thiophene rings is 1. The number of anilines is 1. The topological polar surface area (TPSA) is 15.3 Å². The van der Waals surface area contributed by atoms with Crippen LogP contribution in [0, 0.1) is 0 Å². The highest BCUT2D eigenvalue weighted by molar-refractivity contribution is 7.10. The van der Waals surface area contributed by atoms with Crippen molar-refractivity contribution >= 4 is 17.0 Å². The van der Waals surface area contributed by atoms with Crippen molar-refractivity contribution in [1.82, 2.24) is 4.90 Å². The molecule has 3 heteroatoms. The van der Waals surface area contributed by atoms with Crippen LogP contribution in [-0.2, 0) is 6.42 Å². The molecule has 0 radical (unpaired) electrons. The van der Waals surface area contributed by atoms with Crippen molar-refractivity contribution in [3.63, 3.8) is 0 Å². The van der Waals surface area contributed by atoms with Crippen LogP contribution in [0.1, 0.15) is 31.1 Å². The molecule has 0 aliphatic rings. The van der Waals surface area contributed by atoms with Gasteiger partial charge in [0.25, 0.3) is 0 Å². The van der Waals surface area contributed by atoms with Gasteiger partial charge in [-0.05, 0) is 46.0 Å². The van der Waals surface area contributed by atoms with Crippen molar-refractivity contribution in [3.05, 3.63) is 16.3 Å². The molecule has 1 aromatic heterocycles. The van der Waals surface area contributed by atoms with Gasteiger partial charge in [-0.15, -0.1) is 11.3 Å². The average Bonchev–Trinajstić information content (AvgIpc) is 2.69. The maximum Gasteiger partial charge on any atom is 0.0451 e. The lowest BCUT2D eigenvalue weighted by Crippen LogP contribution is -2.16. The molecule has 0 aromatic carbocycles. The fourth-order valence-electron chi connectivity index (χ4n) is 1.58. The van der Waals surface area contributed by atoms with Gasteiger partial charge >= 0.3 is 0 Å². The van der Waals surface area contributed by atoms with Crippen LogP contribution in [0.2, 0.25) is 0 Å². The van der Waals surface area contributed by atoms with Crippen LogP contribution >= 0.6 is 11.3 Å². The Morgan fingerprint density at radius 3 is 2.81 bits per heavy atom. The molecular weight excluding hydrogens is 216 g/mol. The van der Waals surface area contributed by atoms with Gasteiger partial charge in [0.1, 0.15) is 0 Å². The number of hydrogen-bond donors (Lipinski definition) is 1. The molecule has 0 spiro atoms. The molecule has 0 aliphatic carbocycles. The standard InChI is InChI=1S/C13H24N2S/c1-4-5-7-13-10-12(11-16-13)14-8-6-9-15(2)3/h10-11,14H,4-9H2,1-3H3. The van der Waals surface area contributed by atoms with E-state index in [0.29, 0.717) is 0 Å². The Hall–Kier alpha value is -0.540. The first-order chi connectivity index (χ1) is 7.72. The second-order valence-corrected chi connectivity index (χ2v) is 5.48. The van der Waals surface area contributed by atoms with Crippen molar-refractivity contribution in [2.45, 2.75) is 32.6 Å². The maximum absolute atomic E-state index is 3.48. The zero-order valence-corrected chi connectivity index (χ0v) is 11.6. The van der Waals surface area contributed by atoms with Gasteiger partial charge in [0.05, 0.1) is 0 Å². The molecule has 0 atom stereocenters. The molecule has 0 aliphatic heterocycles.